The minimum atomic E-state index is -4.48. The van der Waals surface area contributed by atoms with Gasteiger partial charge in [-0.3, -0.25) is 4.79 Å². The first kappa shape index (κ1) is 13.5. The Morgan fingerprint density at radius 2 is 1.87 bits per heavy atom. The molecule has 7 heteroatoms. The number of carboxylic acids is 1. The molecule has 0 atom stereocenters. The smallest absolute Gasteiger partial charge is 0.406 e. The van der Waals surface area contributed by atoms with E-state index in [0.29, 0.717) is 17.1 Å². The van der Waals surface area contributed by atoms with Crippen LogP contribution in [-0.4, -0.2) is 41.1 Å². The number of carbonyl (C=O) groups excluding carboxylic acids is 1. The summed E-state index contributed by atoms with van der Waals surface area (Å²) in [6, 6.07) is 0. The first-order chi connectivity index (χ1) is 6.76. The number of hydrogen-bond acceptors (Lipinski definition) is 2. The number of amides is 1. The molecule has 0 saturated heterocycles. The van der Waals surface area contributed by atoms with E-state index in [1.165, 1.54) is 6.92 Å². The zero-order valence-corrected chi connectivity index (χ0v) is 7.91. The normalized spacial score (nSPS) is 11.7. The third kappa shape index (κ3) is 6.53. The van der Waals surface area contributed by atoms with Gasteiger partial charge in [0, 0.05) is 18.7 Å². The van der Waals surface area contributed by atoms with Crippen LogP contribution < -0.4 is 0 Å². The van der Waals surface area contributed by atoms with Gasteiger partial charge in [0.05, 0.1) is 0 Å². The summed E-state index contributed by atoms with van der Waals surface area (Å²) in [5, 5.41) is 8.17. The van der Waals surface area contributed by atoms with Crippen LogP contribution in [0.1, 0.15) is 6.92 Å². The predicted octanol–water partition coefficient (Wildman–Crippen LogP) is 1.04. The largest absolute Gasteiger partial charge is 0.478 e. The molecule has 0 fully saturated rings. The minimum absolute atomic E-state index is 0.137. The van der Waals surface area contributed by atoms with Gasteiger partial charge in [0.2, 0.25) is 5.91 Å². The first-order valence-corrected chi connectivity index (χ1v) is 4.03. The molecule has 0 bridgehead atoms. The van der Waals surface area contributed by atoms with E-state index in [-0.39, 0.29) is 6.54 Å². The number of rotatable bonds is 4. The Morgan fingerprint density at radius 1 is 1.33 bits per heavy atom. The van der Waals surface area contributed by atoms with Crippen molar-refractivity contribution in [2.24, 2.45) is 0 Å². The Labute approximate surface area is 84.0 Å². The summed E-state index contributed by atoms with van der Waals surface area (Å²) in [7, 11) is 0. The monoisotopic (exact) mass is 225 g/mol. The van der Waals surface area contributed by atoms with Crippen molar-refractivity contribution >= 4 is 11.9 Å². The lowest BCUT2D eigenvalue weighted by Gasteiger charge is -2.20. The van der Waals surface area contributed by atoms with Crippen LogP contribution in [0, 0.1) is 0 Å². The average molecular weight is 225 g/mol. The number of carbonyl (C=O) groups is 2. The van der Waals surface area contributed by atoms with Crippen LogP contribution in [-0.2, 0) is 9.59 Å². The zero-order valence-electron chi connectivity index (χ0n) is 7.91. The number of aliphatic carboxylic acids is 1. The fraction of sp³-hybridized carbons (Fsp3) is 0.500. The van der Waals surface area contributed by atoms with Crippen molar-refractivity contribution in [3.63, 3.8) is 0 Å². The molecule has 0 spiro atoms. The number of nitrogens with zero attached hydrogens (tertiary/aromatic N) is 1. The van der Waals surface area contributed by atoms with Gasteiger partial charge in [0.15, 0.2) is 0 Å². The number of alkyl halides is 3. The Bertz CT molecular complexity index is 273. The Kier molecular flexibility index (Phi) is 4.83. The highest BCUT2D eigenvalue weighted by Gasteiger charge is 2.31. The number of halogens is 3. The fourth-order valence-corrected chi connectivity index (χ4v) is 0.810. The van der Waals surface area contributed by atoms with Crippen molar-refractivity contribution in [1.29, 1.82) is 0 Å². The number of likely N-dealkylation sites (N-methyl/N-ethyl adjacent to an activating group) is 1. The second-order valence-corrected chi connectivity index (χ2v) is 2.64. The lowest BCUT2D eigenvalue weighted by Crippen LogP contribution is -2.37. The molecule has 1 amide bonds. The first-order valence-electron chi connectivity index (χ1n) is 4.03. The maximum absolute atomic E-state index is 11.9. The van der Waals surface area contributed by atoms with E-state index in [1.54, 1.807) is 0 Å². The van der Waals surface area contributed by atoms with Crippen LogP contribution in [0.3, 0.4) is 0 Å². The molecular weight excluding hydrogens is 215 g/mol. The van der Waals surface area contributed by atoms with Gasteiger partial charge in [-0.2, -0.15) is 13.2 Å². The molecule has 86 valence electrons. The van der Waals surface area contributed by atoms with Gasteiger partial charge in [-0.05, 0) is 6.92 Å². The van der Waals surface area contributed by atoms with Gasteiger partial charge in [0.1, 0.15) is 6.54 Å². The second-order valence-electron chi connectivity index (χ2n) is 2.64. The summed E-state index contributed by atoms with van der Waals surface area (Å²) in [5.74, 6) is -2.36. The van der Waals surface area contributed by atoms with Crippen LogP contribution in [0.25, 0.3) is 0 Å². The van der Waals surface area contributed by atoms with Gasteiger partial charge in [-0.15, -0.1) is 0 Å². The molecule has 0 unspecified atom stereocenters. The average Bonchev–Trinajstić information content (AvgIpc) is 2.08. The predicted molar refractivity (Wildman–Crippen MR) is 45.1 cm³/mol. The van der Waals surface area contributed by atoms with Crippen LogP contribution in [0.2, 0.25) is 0 Å². The lowest BCUT2D eigenvalue weighted by atomic mass is 10.4. The second kappa shape index (κ2) is 5.38. The van der Waals surface area contributed by atoms with Crippen molar-refractivity contribution in [2.75, 3.05) is 13.1 Å². The molecule has 4 nitrogen and oxygen atoms in total. The van der Waals surface area contributed by atoms with Gasteiger partial charge in [-0.25, -0.2) is 4.79 Å². The Hall–Kier alpha value is -1.53. The molecule has 0 saturated carbocycles. The van der Waals surface area contributed by atoms with Crippen LogP contribution >= 0.6 is 0 Å². The van der Waals surface area contributed by atoms with E-state index >= 15 is 0 Å². The van der Waals surface area contributed by atoms with Crippen LogP contribution in [0.5, 0.6) is 0 Å². The van der Waals surface area contributed by atoms with E-state index in [9.17, 15) is 22.8 Å². The highest BCUT2D eigenvalue weighted by molar-refractivity contribution is 5.93. The minimum Gasteiger partial charge on any atom is -0.478 e. The van der Waals surface area contributed by atoms with E-state index in [1.807, 2.05) is 0 Å². The summed E-state index contributed by atoms with van der Waals surface area (Å²) in [4.78, 5) is 21.6. The molecule has 0 radical (unpaired) electrons. The van der Waals surface area contributed by atoms with Crippen molar-refractivity contribution in [3.8, 4) is 0 Å². The molecule has 0 aliphatic heterocycles. The van der Waals surface area contributed by atoms with E-state index in [0.717, 1.165) is 0 Å². The van der Waals surface area contributed by atoms with Crippen molar-refractivity contribution in [2.45, 2.75) is 13.1 Å². The van der Waals surface area contributed by atoms with Crippen LogP contribution in [0.15, 0.2) is 12.2 Å². The molecule has 0 rings (SSSR count). The standard InChI is InChI=1S/C8H10F3NO3/c1-2-12(5-8(9,10)11)6(13)3-4-7(14)15/h3-4H,2,5H2,1H3,(H,14,15). The topological polar surface area (TPSA) is 57.6 Å². The van der Waals surface area contributed by atoms with Crippen molar-refractivity contribution in [1.82, 2.24) is 4.90 Å². The maximum Gasteiger partial charge on any atom is 0.406 e. The number of carboxylic acid groups (broad SMARTS) is 1. The Morgan fingerprint density at radius 3 is 2.20 bits per heavy atom. The summed E-state index contributed by atoms with van der Waals surface area (Å²) in [6.45, 7) is -0.146. The molecule has 0 aliphatic rings. The molecule has 1 N–H and O–H groups in total. The van der Waals surface area contributed by atoms with Crippen molar-refractivity contribution < 1.29 is 27.9 Å². The van der Waals surface area contributed by atoms with Crippen molar-refractivity contribution in [3.05, 3.63) is 12.2 Å². The molecule has 0 heterocycles. The summed E-state index contributed by atoms with van der Waals surface area (Å²) in [5.41, 5.74) is 0. The third-order valence-corrected chi connectivity index (χ3v) is 1.43. The highest BCUT2D eigenvalue weighted by atomic mass is 19.4. The fourth-order valence-electron chi connectivity index (χ4n) is 0.810. The van der Waals surface area contributed by atoms with Crippen LogP contribution in [0.4, 0.5) is 13.2 Å². The maximum atomic E-state index is 11.9. The zero-order chi connectivity index (χ0) is 12.1. The molecule has 15 heavy (non-hydrogen) atoms. The molecule has 0 aromatic rings. The number of hydrogen-bond donors (Lipinski definition) is 1. The molecule has 0 aromatic carbocycles. The van der Waals surface area contributed by atoms with E-state index in [4.69, 9.17) is 5.11 Å². The van der Waals surface area contributed by atoms with Gasteiger partial charge >= 0.3 is 12.1 Å². The van der Waals surface area contributed by atoms with Gasteiger partial charge in [0.25, 0.3) is 0 Å². The summed E-state index contributed by atoms with van der Waals surface area (Å²) in [6.07, 6.45) is -3.39. The third-order valence-electron chi connectivity index (χ3n) is 1.43. The SMILES string of the molecule is CCN(CC(F)(F)F)C(=O)C=CC(=O)O. The quantitative estimate of drug-likeness (QED) is 0.727. The van der Waals surface area contributed by atoms with Gasteiger partial charge < -0.3 is 10.0 Å². The molecule has 0 aromatic heterocycles. The van der Waals surface area contributed by atoms with E-state index in [2.05, 4.69) is 0 Å². The summed E-state index contributed by atoms with van der Waals surface area (Å²) < 4.78 is 35.8. The van der Waals surface area contributed by atoms with E-state index < -0.39 is 24.6 Å². The lowest BCUT2D eigenvalue weighted by molar-refractivity contribution is -0.157. The highest BCUT2D eigenvalue weighted by Crippen LogP contribution is 2.16. The molecular formula is C8H10F3NO3. The molecule has 0 aliphatic carbocycles. The Balaban J connectivity index is 4.42. The summed E-state index contributed by atoms with van der Waals surface area (Å²) >= 11 is 0. The van der Waals surface area contributed by atoms with Gasteiger partial charge in [-0.1, -0.05) is 0 Å².